The van der Waals surface area contributed by atoms with Gasteiger partial charge in [0.2, 0.25) is 0 Å². The van der Waals surface area contributed by atoms with Crippen LogP contribution in [0.25, 0.3) is 0 Å². The molecule has 8 heteroatoms. The first-order valence-electron chi connectivity index (χ1n) is 8.30. The standard InChI is InChI=1S/C19H23F2N3O2.HI/c1-4-22-19(23-11-13-6-5-7-17(26-3)18(13)25)24-12(2)15-9-8-14(20)10-16(15)21;/h5-10,12,25H,4,11H2,1-3H3,(H2,22,23,24);1H. The van der Waals surface area contributed by atoms with Gasteiger partial charge in [0.25, 0.3) is 0 Å². The summed E-state index contributed by atoms with van der Waals surface area (Å²) in [6.45, 7) is 4.47. The fourth-order valence-corrected chi connectivity index (χ4v) is 2.48. The highest BCUT2D eigenvalue weighted by molar-refractivity contribution is 14.0. The Morgan fingerprint density at radius 2 is 2.00 bits per heavy atom. The van der Waals surface area contributed by atoms with Gasteiger partial charge in [0.15, 0.2) is 17.5 Å². The Hall–Kier alpha value is -2.10. The van der Waals surface area contributed by atoms with E-state index in [2.05, 4.69) is 15.6 Å². The van der Waals surface area contributed by atoms with Gasteiger partial charge in [-0.1, -0.05) is 18.2 Å². The number of para-hydroxylation sites is 1. The predicted molar refractivity (Wildman–Crippen MR) is 113 cm³/mol. The number of phenols is 1. The molecular formula is C19H24F2IN3O2. The zero-order valence-corrected chi connectivity index (χ0v) is 17.8. The van der Waals surface area contributed by atoms with Gasteiger partial charge in [0.1, 0.15) is 11.6 Å². The maximum Gasteiger partial charge on any atom is 0.192 e. The van der Waals surface area contributed by atoms with E-state index >= 15 is 0 Å². The highest BCUT2D eigenvalue weighted by Crippen LogP contribution is 2.29. The van der Waals surface area contributed by atoms with Crippen LogP contribution in [-0.4, -0.2) is 24.7 Å². The van der Waals surface area contributed by atoms with Gasteiger partial charge >= 0.3 is 0 Å². The summed E-state index contributed by atoms with van der Waals surface area (Å²) in [5.41, 5.74) is 0.934. The first-order valence-corrected chi connectivity index (χ1v) is 8.30. The second-order valence-corrected chi connectivity index (χ2v) is 5.70. The zero-order chi connectivity index (χ0) is 19.1. The van der Waals surface area contributed by atoms with Crippen molar-refractivity contribution in [2.75, 3.05) is 13.7 Å². The molecule has 0 radical (unpaired) electrons. The third kappa shape index (κ3) is 6.23. The summed E-state index contributed by atoms with van der Waals surface area (Å²) in [4.78, 5) is 4.42. The molecule has 0 saturated carbocycles. The molecule has 1 unspecified atom stereocenters. The number of aromatic hydroxyl groups is 1. The number of benzene rings is 2. The maximum atomic E-state index is 13.9. The molecule has 3 N–H and O–H groups in total. The molecule has 0 aliphatic rings. The SMILES string of the molecule is CCNC(=NCc1cccc(OC)c1O)NC(C)c1ccc(F)cc1F.I. The number of ether oxygens (including phenoxy) is 1. The molecule has 148 valence electrons. The van der Waals surface area contributed by atoms with Gasteiger partial charge in [-0.25, -0.2) is 13.8 Å². The number of rotatable bonds is 6. The number of aliphatic imine (C=N–C) groups is 1. The minimum Gasteiger partial charge on any atom is -0.504 e. The molecule has 0 aliphatic heterocycles. The van der Waals surface area contributed by atoms with Crippen LogP contribution in [0.3, 0.4) is 0 Å². The molecule has 2 aromatic carbocycles. The molecule has 1 atom stereocenters. The van der Waals surface area contributed by atoms with E-state index in [0.717, 1.165) is 6.07 Å². The average molecular weight is 491 g/mol. The normalized spacial score (nSPS) is 12.1. The molecule has 0 fully saturated rings. The van der Waals surface area contributed by atoms with Crippen molar-refractivity contribution in [1.29, 1.82) is 0 Å². The molecule has 27 heavy (non-hydrogen) atoms. The number of hydrogen-bond acceptors (Lipinski definition) is 3. The molecule has 2 aromatic rings. The summed E-state index contributed by atoms with van der Waals surface area (Å²) < 4.78 is 32.1. The van der Waals surface area contributed by atoms with Crippen molar-refractivity contribution in [3.8, 4) is 11.5 Å². The van der Waals surface area contributed by atoms with Crippen LogP contribution in [0.4, 0.5) is 8.78 Å². The topological polar surface area (TPSA) is 65.9 Å². The van der Waals surface area contributed by atoms with Crippen molar-refractivity contribution < 1.29 is 18.6 Å². The van der Waals surface area contributed by atoms with Gasteiger partial charge in [-0.3, -0.25) is 0 Å². The summed E-state index contributed by atoms with van der Waals surface area (Å²) in [7, 11) is 1.48. The largest absolute Gasteiger partial charge is 0.504 e. The van der Waals surface area contributed by atoms with Crippen LogP contribution in [0.1, 0.15) is 31.0 Å². The van der Waals surface area contributed by atoms with Crippen LogP contribution in [0.2, 0.25) is 0 Å². The lowest BCUT2D eigenvalue weighted by Crippen LogP contribution is -2.39. The lowest BCUT2D eigenvalue weighted by Gasteiger charge is -2.19. The van der Waals surface area contributed by atoms with Crippen molar-refractivity contribution in [3.63, 3.8) is 0 Å². The average Bonchev–Trinajstić information content (AvgIpc) is 2.60. The van der Waals surface area contributed by atoms with Crippen LogP contribution < -0.4 is 15.4 Å². The third-order valence-corrected chi connectivity index (χ3v) is 3.84. The van der Waals surface area contributed by atoms with Crippen molar-refractivity contribution in [2.45, 2.75) is 26.4 Å². The number of nitrogens with zero attached hydrogens (tertiary/aromatic N) is 1. The van der Waals surface area contributed by atoms with Crippen LogP contribution in [-0.2, 0) is 6.54 Å². The van der Waals surface area contributed by atoms with E-state index in [1.54, 1.807) is 25.1 Å². The monoisotopic (exact) mass is 491 g/mol. The van der Waals surface area contributed by atoms with E-state index in [-0.39, 0.29) is 36.3 Å². The molecule has 0 aromatic heterocycles. The van der Waals surface area contributed by atoms with Gasteiger partial charge in [-0.2, -0.15) is 0 Å². The molecule has 5 nitrogen and oxygen atoms in total. The summed E-state index contributed by atoms with van der Waals surface area (Å²) in [5, 5.41) is 16.3. The van der Waals surface area contributed by atoms with Crippen molar-refractivity contribution in [3.05, 3.63) is 59.2 Å². The summed E-state index contributed by atoms with van der Waals surface area (Å²) in [6.07, 6.45) is 0. The molecule has 0 amide bonds. The Bertz CT molecular complexity index is 788. The molecule has 0 bridgehead atoms. The Morgan fingerprint density at radius 3 is 2.63 bits per heavy atom. The summed E-state index contributed by atoms with van der Waals surface area (Å²) >= 11 is 0. The van der Waals surface area contributed by atoms with Crippen LogP contribution >= 0.6 is 24.0 Å². The van der Waals surface area contributed by atoms with E-state index in [1.807, 2.05) is 6.92 Å². The number of halogens is 3. The smallest absolute Gasteiger partial charge is 0.192 e. The number of guanidine groups is 1. The quantitative estimate of drug-likeness (QED) is 0.323. The molecular weight excluding hydrogens is 467 g/mol. The highest BCUT2D eigenvalue weighted by Gasteiger charge is 2.13. The lowest BCUT2D eigenvalue weighted by molar-refractivity contribution is 0.370. The van der Waals surface area contributed by atoms with Gasteiger partial charge in [-0.15, -0.1) is 24.0 Å². The fraction of sp³-hybridized carbons (Fsp3) is 0.316. The fourth-order valence-electron chi connectivity index (χ4n) is 2.48. The van der Waals surface area contributed by atoms with Gasteiger partial charge in [-0.05, 0) is 26.0 Å². The Balaban J connectivity index is 0.00000364. The molecule has 0 heterocycles. The minimum atomic E-state index is -0.619. The second kappa shape index (κ2) is 10.9. The molecule has 2 rings (SSSR count). The lowest BCUT2D eigenvalue weighted by atomic mass is 10.1. The Morgan fingerprint density at radius 1 is 1.26 bits per heavy atom. The number of hydrogen-bond donors (Lipinski definition) is 3. The number of nitrogens with one attached hydrogen (secondary N) is 2. The van der Waals surface area contributed by atoms with E-state index in [4.69, 9.17) is 4.74 Å². The van der Waals surface area contributed by atoms with Gasteiger partial charge in [0, 0.05) is 23.7 Å². The highest BCUT2D eigenvalue weighted by atomic mass is 127. The number of phenolic OH excluding ortho intramolecular Hbond substituents is 1. The second-order valence-electron chi connectivity index (χ2n) is 5.70. The molecule has 0 aliphatic carbocycles. The van der Waals surface area contributed by atoms with Crippen molar-refractivity contribution in [1.82, 2.24) is 10.6 Å². The van der Waals surface area contributed by atoms with E-state index in [1.165, 1.54) is 19.2 Å². The third-order valence-electron chi connectivity index (χ3n) is 3.84. The Labute approximate surface area is 174 Å². The van der Waals surface area contributed by atoms with Crippen LogP contribution in [0.15, 0.2) is 41.4 Å². The first-order chi connectivity index (χ1) is 12.5. The summed E-state index contributed by atoms with van der Waals surface area (Å²) in [6, 6.07) is 8.22. The van der Waals surface area contributed by atoms with E-state index in [0.29, 0.717) is 29.4 Å². The minimum absolute atomic E-state index is 0. The maximum absolute atomic E-state index is 13.9. The van der Waals surface area contributed by atoms with Gasteiger partial charge < -0.3 is 20.5 Å². The van der Waals surface area contributed by atoms with Crippen LogP contribution in [0.5, 0.6) is 11.5 Å². The summed E-state index contributed by atoms with van der Waals surface area (Å²) in [5.74, 6) is -0.380. The van der Waals surface area contributed by atoms with Crippen molar-refractivity contribution >= 4 is 29.9 Å². The predicted octanol–water partition coefficient (Wildman–Crippen LogP) is 4.11. The van der Waals surface area contributed by atoms with Crippen LogP contribution in [0, 0.1) is 11.6 Å². The zero-order valence-electron chi connectivity index (χ0n) is 15.4. The molecule has 0 saturated heterocycles. The van der Waals surface area contributed by atoms with E-state index < -0.39 is 17.7 Å². The number of methoxy groups -OCH3 is 1. The van der Waals surface area contributed by atoms with Crippen molar-refractivity contribution in [2.24, 2.45) is 4.99 Å². The van der Waals surface area contributed by atoms with E-state index in [9.17, 15) is 13.9 Å². The Kier molecular flexibility index (Phi) is 9.27. The molecule has 0 spiro atoms. The first kappa shape index (κ1) is 22.9. The van der Waals surface area contributed by atoms with Gasteiger partial charge in [0.05, 0.1) is 19.7 Å².